The Labute approximate surface area is 177 Å². The highest BCUT2D eigenvalue weighted by Crippen LogP contribution is 2.20. The number of carbonyl (C=O) groups is 2. The van der Waals surface area contributed by atoms with Gasteiger partial charge in [-0.05, 0) is 39.0 Å². The lowest BCUT2D eigenvalue weighted by Crippen LogP contribution is -2.37. The van der Waals surface area contributed by atoms with Crippen molar-refractivity contribution < 1.29 is 33.0 Å². The first kappa shape index (κ1) is 23.9. The smallest absolute Gasteiger partial charge is 0.272 e. The van der Waals surface area contributed by atoms with Crippen LogP contribution in [0.1, 0.15) is 35.5 Å². The summed E-state index contributed by atoms with van der Waals surface area (Å²) in [4.78, 5) is 32.6. The minimum Gasteiger partial charge on any atom is -0.481 e. The van der Waals surface area contributed by atoms with Gasteiger partial charge in [0.1, 0.15) is 11.4 Å². The van der Waals surface area contributed by atoms with Gasteiger partial charge in [0.05, 0.1) is 7.11 Å². The Kier molecular flexibility index (Phi) is 7.81. The van der Waals surface area contributed by atoms with Crippen LogP contribution in [-0.2, 0) is 11.3 Å². The predicted octanol–water partition coefficient (Wildman–Crippen LogP) is 2.08. The van der Waals surface area contributed by atoms with Gasteiger partial charge in [-0.1, -0.05) is 0 Å². The van der Waals surface area contributed by atoms with Crippen molar-refractivity contribution in [2.45, 2.75) is 39.3 Å². The van der Waals surface area contributed by atoms with E-state index in [1.807, 2.05) is 0 Å². The van der Waals surface area contributed by atoms with E-state index in [-0.39, 0.29) is 29.7 Å². The zero-order chi connectivity index (χ0) is 23.2. The monoisotopic (exact) mass is 438 g/mol. The van der Waals surface area contributed by atoms with Crippen LogP contribution in [0.2, 0.25) is 0 Å². The number of pyridine rings is 2. The number of anilines is 1. The van der Waals surface area contributed by atoms with Crippen LogP contribution in [0, 0.1) is 6.92 Å². The van der Waals surface area contributed by atoms with Crippen LogP contribution in [0.5, 0.6) is 11.8 Å². The van der Waals surface area contributed by atoms with Gasteiger partial charge in [-0.25, -0.2) is 13.8 Å². The Hall–Kier alpha value is -3.34. The van der Waals surface area contributed by atoms with Crippen molar-refractivity contribution in [2.75, 3.05) is 19.0 Å². The van der Waals surface area contributed by atoms with E-state index >= 15 is 0 Å². The molecule has 0 bridgehead atoms. The number of carbonyl (C=O) groups excluding carboxylic acids is 2. The van der Waals surface area contributed by atoms with E-state index < -0.39 is 30.4 Å². The number of nitrogens with one attached hydrogen (secondary N) is 2. The number of hydrogen-bond acceptors (Lipinski definition) is 7. The third kappa shape index (κ3) is 7.14. The second-order valence-electron chi connectivity index (χ2n) is 7.10. The summed E-state index contributed by atoms with van der Waals surface area (Å²) in [5.74, 6) is -0.899. The number of alkyl halides is 2. The van der Waals surface area contributed by atoms with Crippen LogP contribution in [0.15, 0.2) is 24.3 Å². The Morgan fingerprint density at radius 1 is 1.23 bits per heavy atom. The minimum absolute atomic E-state index is 0.0239. The molecule has 2 rings (SSSR count). The lowest BCUT2D eigenvalue weighted by Gasteiger charge is -2.17. The van der Waals surface area contributed by atoms with Gasteiger partial charge in [-0.15, -0.1) is 0 Å². The number of halogens is 2. The molecule has 168 valence electrons. The van der Waals surface area contributed by atoms with Gasteiger partial charge in [0, 0.05) is 29.4 Å². The van der Waals surface area contributed by atoms with Crippen LogP contribution in [-0.4, -0.2) is 52.6 Å². The highest BCUT2D eigenvalue weighted by Gasteiger charge is 2.24. The second kappa shape index (κ2) is 10.1. The molecule has 0 atom stereocenters. The molecular weight excluding hydrogens is 414 g/mol. The number of rotatable bonds is 9. The molecule has 11 heteroatoms. The number of aliphatic hydroxyl groups is 1. The molecule has 0 aliphatic rings. The number of nitrogens with zero attached hydrogens (tertiary/aromatic N) is 2. The number of ether oxygens (including phenoxy) is 2. The quantitative estimate of drug-likeness (QED) is 0.548. The largest absolute Gasteiger partial charge is 0.481 e. The molecule has 0 saturated heterocycles. The van der Waals surface area contributed by atoms with Crippen LogP contribution in [0.4, 0.5) is 14.6 Å². The third-order valence-corrected chi connectivity index (χ3v) is 3.92. The van der Waals surface area contributed by atoms with Gasteiger partial charge in [0.15, 0.2) is 6.61 Å². The van der Waals surface area contributed by atoms with E-state index in [2.05, 4.69) is 20.6 Å². The van der Waals surface area contributed by atoms with E-state index in [1.165, 1.54) is 39.2 Å². The standard InChI is InChI=1S/C20H24F2N4O5/c1-11-7-13(8-15(24-11)25-19(28)20(2,3)29)17(27)23-9-12-5-6-16(26-18(12)30-4)31-10-14(21)22/h5-8,14,29H,9-10H2,1-4H3,(H,23,27)(H,24,25,28). The Morgan fingerprint density at radius 3 is 2.55 bits per heavy atom. The van der Waals surface area contributed by atoms with Gasteiger partial charge in [0.2, 0.25) is 11.8 Å². The van der Waals surface area contributed by atoms with Gasteiger partial charge >= 0.3 is 0 Å². The average Bonchev–Trinajstić information content (AvgIpc) is 2.69. The Morgan fingerprint density at radius 2 is 1.94 bits per heavy atom. The van der Waals surface area contributed by atoms with Gasteiger partial charge in [-0.2, -0.15) is 4.98 Å². The summed E-state index contributed by atoms with van der Waals surface area (Å²) < 4.78 is 34.5. The first-order chi connectivity index (χ1) is 14.5. The first-order valence-electron chi connectivity index (χ1n) is 9.25. The third-order valence-electron chi connectivity index (χ3n) is 3.92. The molecule has 0 radical (unpaired) electrons. The maximum Gasteiger partial charge on any atom is 0.272 e. The number of methoxy groups -OCH3 is 1. The molecule has 0 aromatic carbocycles. The van der Waals surface area contributed by atoms with Gasteiger partial charge in [-0.3, -0.25) is 9.59 Å². The molecule has 2 amide bonds. The van der Waals surface area contributed by atoms with E-state index in [1.54, 1.807) is 13.0 Å². The number of amides is 2. The summed E-state index contributed by atoms with van der Waals surface area (Å²) in [6.45, 7) is 3.56. The first-order valence-corrected chi connectivity index (χ1v) is 9.25. The summed E-state index contributed by atoms with van der Waals surface area (Å²) in [6.07, 6.45) is -2.63. The normalized spacial score (nSPS) is 11.2. The summed E-state index contributed by atoms with van der Waals surface area (Å²) in [6, 6.07) is 5.85. The van der Waals surface area contributed by atoms with Crippen LogP contribution < -0.4 is 20.1 Å². The molecule has 0 saturated carbocycles. The van der Waals surface area contributed by atoms with Crippen molar-refractivity contribution in [3.8, 4) is 11.8 Å². The van der Waals surface area contributed by atoms with E-state index in [0.29, 0.717) is 11.3 Å². The highest BCUT2D eigenvalue weighted by molar-refractivity contribution is 5.98. The zero-order valence-electron chi connectivity index (χ0n) is 17.5. The zero-order valence-corrected chi connectivity index (χ0v) is 17.5. The summed E-state index contributed by atoms with van der Waals surface area (Å²) in [5, 5.41) is 14.9. The van der Waals surface area contributed by atoms with Crippen molar-refractivity contribution in [1.29, 1.82) is 0 Å². The molecule has 0 spiro atoms. The van der Waals surface area contributed by atoms with Gasteiger partial charge < -0.3 is 25.2 Å². The predicted molar refractivity (Wildman–Crippen MR) is 107 cm³/mol. The van der Waals surface area contributed by atoms with Crippen molar-refractivity contribution in [1.82, 2.24) is 15.3 Å². The van der Waals surface area contributed by atoms with Crippen molar-refractivity contribution in [3.05, 3.63) is 41.1 Å². The van der Waals surface area contributed by atoms with Crippen LogP contribution in [0.25, 0.3) is 0 Å². The fourth-order valence-electron chi connectivity index (χ4n) is 2.40. The lowest BCUT2D eigenvalue weighted by molar-refractivity contribution is -0.130. The molecule has 2 heterocycles. The van der Waals surface area contributed by atoms with Crippen LogP contribution >= 0.6 is 0 Å². The van der Waals surface area contributed by atoms with Crippen molar-refractivity contribution in [3.63, 3.8) is 0 Å². The summed E-state index contributed by atoms with van der Waals surface area (Å²) in [7, 11) is 1.36. The molecule has 9 nitrogen and oxygen atoms in total. The highest BCUT2D eigenvalue weighted by atomic mass is 19.3. The number of aryl methyl sites for hydroxylation is 1. The second-order valence-corrected chi connectivity index (χ2v) is 7.10. The average molecular weight is 438 g/mol. The molecular formula is C20H24F2N4O5. The molecule has 0 aliphatic carbocycles. The number of hydrogen-bond donors (Lipinski definition) is 3. The summed E-state index contributed by atoms with van der Waals surface area (Å²) >= 11 is 0. The van der Waals surface area contributed by atoms with Crippen molar-refractivity contribution >= 4 is 17.6 Å². The molecule has 0 fully saturated rings. The molecule has 2 aromatic rings. The topological polar surface area (TPSA) is 123 Å². The lowest BCUT2D eigenvalue weighted by atomic mass is 10.1. The number of aromatic nitrogens is 2. The molecule has 2 aromatic heterocycles. The van der Waals surface area contributed by atoms with Crippen molar-refractivity contribution in [2.24, 2.45) is 0 Å². The molecule has 3 N–H and O–H groups in total. The fourth-order valence-corrected chi connectivity index (χ4v) is 2.40. The Balaban J connectivity index is 2.09. The minimum atomic E-state index is -2.63. The molecule has 31 heavy (non-hydrogen) atoms. The molecule has 0 aliphatic heterocycles. The SMILES string of the molecule is COc1nc(OCC(F)F)ccc1CNC(=O)c1cc(C)nc(NC(=O)C(C)(C)O)c1. The fraction of sp³-hybridized carbons (Fsp3) is 0.400. The molecule has 0 unspecified atom stereocenters. The maximum absolute atomic E-state index is 12.6. The van der Waals surface area contributed by atoms with E-state index in [4.69, 9.17) is 9.47 Å². The maximum atomic E-state index is 12.6. The van der Waals surface area contributed by atoms with Gasteiger partial charge in [0.25, 0.3) is 18.2 Å². The Bertz CT molecular complexity index is 948. The van der Waals surface area contributed by atoms with Crippen LogP contribution in [0.3, 0.4) is 0 Å². The van der Waals surface area contributed by atoms with E-state index in [0.717, 1.165) is 0 Å². The van der Waals surface area contributed by atoms with E-state index in [9.17, 15) is 23.5 Å². The summed E-state index contributed by atoms with van der Waals surface area (Å²) in [5.41, 5.74) is -0.384.